The van der Waals surface area contributed by atoms with Crippen molar-refractivity contribution in [3.05, 3.63) is 57.3 Å². The normalized spacial score (nSPS) is 13.0. The van der Waals surface area contributed by atoms with Crippen molar-refractivity contribution in [2.45, 2.75) is 39.5 Å². The smallest absolute Gasteiger partial charge is 0.341 e. The number of anilines is 1. The van der Waals surface area contributed by atoms with Crippen LogP contribution in [0.2, 0.25) is 0 Å². The molecule has 1 N–H and O–H groups in total. The Kier molecular flexibility index (Phi) is 5.67. The van der Waals surface area contributed by atoms with Gasteiger partial charge in [0, 0.05) is 16.5 Å². The van der Waals surface area contributed by atoms with Crippen LogP contribution >= 0.6 is 11.3 Å². The second kappa shape index (κ2) is 8.39. The van der Waals surface area contributed by atoms with E-state index in [1.165, 1.54) is 23.5 Å². The molecule has 1 aliphatic carbocycles. The fraction of sp³-hybridized carbons (Fsp3) is 0.318. The first kappa shape index (κ1) is 20.3. The molecule has 2 aromatic heterocycles. The van der Waals surface area contributed by atoms with Gasteiger partial charge in [-0.15, -0.1) is 11.3 Å². The van der Waals surface area contributed by atoms with Gasteiger partial charge in [0.05, 0.1) is 12.2 Å². The van der Waals surface area contributed by atoms with Crippen LogP contribution in [0, 0.1) is 12.7 Å². The Labute approximate surface area is 177 Å². The van der Waals surface area contributed by atoms with Gasteiger partial charge in [-0.3, -0.25) is 4.79 Å². The number of aromatic nitrogens is 1. The van der Waals surface area contributed by atoms with Gasteiger partial charge in [-0.2, -0.15) is 0 Å². The van der Waals surface area contributed by atoms with E-state index in [2.05, 4.69) is 10.5 Å². The van der Waals surface area contributed by atoms with E-state index < -0.39 is 11.9 Å². The topological polar surface area (TPSA) is 81.4 Å². The summed E-state index contributed by atoms with van der Waals surface area (Å²) in [4.78, 5) is 26.4. The molecule has 1 aliphatic rings. The van der Waals surface area contributed by atoms with E-state index in [0.717, 1.165) is 36.1 Å². The number of amides is 1. The number of carbonyl (C=O) groups is 2. The summed E-state index contributed by atoms with van der Waals surface area (Å²) in [7, 11) is 0. The molecule has 0 unspecified atom stereocenters. The van der Waals surface area contributed by atoms with Crippen molar-refractivity contribution >= 4 is 28.2 Å². The van der Waals surface area contributed by atoms with Gasteiger partial charge < -0.3 is 14.6 Å². The number of hydrogen-bond acceptors (Lipinski definition) is 6. The first-order valence-corrected chi connectivity index (χ1v) is 10.7. The third-order valence-electron chi connectivity index (χ3n) is 5.08. The van der Waals surface area contributed by atoms with Crippen LogP contribution in [0.15, 0.2) is 28.8 Å². The van der Waals surface area contributed by atoms with E-state index in [1.54, 1.807) is 26.0 Å². The van der Waals surface area contributed by atoms with E-state index in [-0.39, 0.29) is 23.9 Å². The lowest BCUT2D eigenvalue weighted by Gasteiger charge is -2.12. The molecule has 4 rings (SSSR count). The maximum Gasteiger partial charge on any atom is 0.341 e. The molecule has 0 spiro atoms. The van der Waals surface area contributed by atoms with Gasteiger partial charge in [-0.1, -0.05) is 17.3 Å². The summed E-state index contributed by atoms with van der Waals surface area (Å²) in [6, 6.07) is 6.13. The van der Waals surface area contributed by atoms with Gasteiger partial charge in [0.25, 0.3) is 5.91 Å². The summed E-state index contributed by atoms with van der Waals surface area (Å²) >= 11 is 1.41. The summed E-state index contributed by atoms with van der Waals surface area (Å²) < 4.78 is 24.3. The Bertz CT molecular complexity index is 1120. The van der Waals surface area contributed by atoms with Gasteiger partial charge in [0.1, 0.15) is 10.8 Å². The highest BCUT2D eigenvalue weighted by Gasteiger charge is 2.28. The number of nitrogens with zero attached hydrogens (tertiary/aromatic N) is 1. The third-order valence-corrected chi connectivity index (χ3v) is 6.28. The molecule has 8 heteroatoms. The molecule has 1 aromatic carbocycles. The number of fused-ring (bicyclic) bond motifs is 1. The molecule has 30 heavy (non-hydrogen) atoms. The first-order valence-electron chi connectivity index (χ1n) is 9.84. The average molecular weight is 428 g/mol. The molecule has 0 saturated heterocycles. The Morgan fingerprint density at radius 1 is 1.27 bits per heavy atom. The fourth-order valence-corrected chi connectivity index (χ4v) is 4.78. The molecule has 3 aromatic rings. The highest BCUT2D eigenvalue weighted by atomic mass is 32.1. The minimum absolute atomic E-state index is 0.0483. The molecule has 0 atom stereocenters. The van der Waals surface area contributed by atoms with Gasteiger partial charge in [0.15, 0.2) is 11.5 Å². The Hall–Kier alpha value is -3.00. The second-order valence-electron chi connectivity index (χ2n) is 7.13. The highest BCUT2D eigenvalue weighted by Crippen LogP contribution is 2.39. The van der Waals surface area contributed by atoms with Crippen LogP contribution in [0.4, 0.5) is 9.39 Å². The van der Waals surface area contributed by atoms with Crippen LogP contribution in [0.5, 0.6) is 0 Å². The lowest BCUT2D eigenvalue weighted by molar-refractivity contribution is 0.0526. The van der Waals surface area contributed by atoms with Crippen LogP contribution in [-0.4, -0.2) is 23.6 Å². The predicted molar refractivity (Wildman–Crippen MR) is 112 cm³/mol. The quantitative estimate of drug-likeness (QED) is 0.568. The maximum absolute atomic E-state index is 13.8. The molecule has 0 aliphatic heterocycles. The van der Waals surface area contributed by atoms with Crippen molar-refractivity contribution in [3.8, 4) is 11.3 Å². The Morgan fingerprint density at radius 2 is 2.07 bits per heavy atom. The minimum Gasteiger partial charge on any atom is -0.462 e. The molecule has 0 bridgehead atoms. The molecule has 0 fully saturated rings. The summed E-state index contributed by atoms with van der Waals surface area (Å²) in [6.07, 6.45) is 3.74. The van der Waals surface area contributed by atoms with Gasteiger partial charge in [-0.05, 0) is 56.7 Å². The van der Waals surface area contributed by atoms with Crippen LogP contribution in [0.3, 0.4) is 0 Å². The third kappa shape index (κ3) is 3.87. The number of ether oxygens (including phenoxy) is 1. The zero-order valence-corrected chi connectivity index (χ0v) is 17.5. The highest BCUT2D eigenvalue weighted by molar-refractivity contribution is 7.17. The molecule has 0 saturated carbocycles. The van der Waals surface area contributed by atoms with Crippen molar-refractivity contribution < 1.29 is 23.2 Å². The molecule has 156 valence electrons. The zero-order valence-electron chi connectivity index (χ0n) is 16.7. The molecule has 0 radical (unpaired) electrons. The van der Waals surface area contributed by atoms with E-state index in [0.29, 0.717) is 21.7 Å². The first-order chi connectivity index (χ1) is 14.5. The van der Waals surface area contributed by atoms with Crippen molar-refractivity contribution in [3.63, 3.8) is 0 Å². The second-order valence-corrected chi connectivity index (χ2v) is 8.24. The number of halogens is 1. The summed E-state index contributed by atoms with van der Waals surface area (Å²) in [5, 5.41) is 7.07. The fourth-order valence-electron chi connectivity index (χ4n) is 3.50. The number of esters is 1. The standard InChI is InChI=1S/C22H21FN2O4S/c1-3-28-22(27)19-14-6-4-5-7-18(14)30-21(19)24-20(26)16-11-17(29-25-16)13-9-8-12(2)15(23)10-13/h8-11H,3-7H2,1-2H3,(H,24,26). The molecule has 6 nitrogen and oxygen atoms in total. The van der Waals surface area contributed by atoms with Crippen LogP contribution < -0.4 is 5.32 Å². The lowest BCUT2D eigenvalue weighted by Crippen LogP contribution is -2.16. The van der Waals surface area contributed by atoms with Crippen LogP contribution in [0.25, 0.3) is 11.3 Å². The Morgan fingerprint density at radius 3 is 2.83 bits per heavy atom. The van der Waals surface area contributed by atoms with Crippen molar-refractivity contribution in [2.75, 3.05) is 11.9 Å². The molecular formula is C22H21FN2O4S. The van der Waals surface area contributed by atoms with Crippen molar-refractivity contribution in [1.82, 2.24) is 5.16 Å². The number of nitrogens with one attached hydrogen (secondary N) is 1. The number of benzene rings is 1. The molecular weight excluding hydrogens is 407 g/mol. The van der Waals surface area contributed by atoms with Crippen LogP contribution in [0.1, 0.15) is 56.6 Å². The number of hydrogen-bond donors (Lipinski definition) is 1. The van der Waals surface area contributed by atoms with E-state index in [1.807, 2.05) is 0 Å². The minimum atomic E-state index is -0.498. The average Bonchev–Trinajstić information content (AvgIpc) is 3.35. The van der Waals surface area contributed by atoms with Crippen molar-refractivity contribution in [1.29, 1.82) is 0 Å². The van der Waals surface area contributed by atoms with Gasteiger partial charge >= 0.3 is 5.97 Å². The maximum atomic E-state index is 13.8. The summed E-state index contributed by atoms with van der Waals surface area (Å²) in [5.74, 6) is -1.00. The molecule has 2 heterocycles. The number of rotatable bonds is 5. The van der Waals surface area contributed by atoms with E-state index in [9.17, 15) is 14.0 Å². The van der Waals surface area contributed by atoms with E-state index >= 15 is 0 Å². The van der Waals surface area contributed by atoms with E-state index in [4.69, 9.17) is 9.26 Å². The summed E-state index contributed by atoms with van der Waals surface area (Å²) in [5.41, 5.74) is 2.46. The lowest BCUT2D eigenvalue weighted by atomic mass is 9.95. The monoisotopic (exact) mass is 428 g/mol. The number of aryl methyl sites for hydroxylation is 2. The zero-order chi connectivity index (χ0) is 21.3. The predicted octanol–water partition coefficient (Wildman–Crippen LogP) is 5.16. The van der Waals surface area contributed by atoms with Crippen molar-refractivity contribution in [2.24, 2.45) is 0 Å². The van der Waals surface area contributed by atoms with Gasteiger partial charge in [0.2, 0.25) is 0 Å². The molecule has 1 amide bonds. The van der Waals surface area contributed by atoms with Gasteiger partial charge in [-0.25, -0.2) is 9.18 Å². The largest absolute Gasteiger partial charge is 0.462 e. The van der Waals surface area contributed by atoms with Crippen LogP contribution in [-0.2, 0) is 17.6 Å². The number of carbonyl (C=O) groups excluding carboxylic acids is 2. The SMILES string of the molecule is CCOC(=O)c1c(NC(=O)c2cc(-c3ccc(C)c(F)c3)on2)sc2c1CCCC2. The number of thiophene rings is 1. The summed E-state index contributed by atoms with van der Waals surface area (Å²) in [6.45, 7) is 3.68. The Balaban J connectivity index is 1.60.